The number of nitrogens with zero attached hydrogens (tertiary/aromatic N) is 1. The second-order valence-electron chi connectivity index (χ2n) is 7.05. The number of hydrogen-bond acceptors (Lipinski definition) is 4. The summed E-state index contributed by atoms with van der Waals surface area (Å²) in [5.41, 5.74) is 0.0476. The number of rotatable bonds is 7. The summed E-state index contributed by atoms with van der Waals surface area (Å²) in [6.45, 7) is 0.425. The van der Waals surface area contributed by atoms with Gasteiger partial charge in [0.2, 0.25) is 0 Å². The third-order valence-corrected chi connectivity index (χ3v) is 4.76. The van der Waals surface area contributed by atoms with E-state index in [1.807, 2.05) is 6.07 Å². The minimum absolute atomic E-state index is 0.0476. The molecular weight excluding hydrogens is 330 g/mol. The van der Waals surface area contributed by atoms with Gasteiger partial charge in [-0.2, -0.15) is 5.26 Å². The summed E-state index contributed by atoms with van der Waals surface area (Å²) < 4.78 is 0. The zero-order chi connectivity index (χ0) is 19.0. The van der Waals surface area contributed by atoms with Crippen molar-refractivity contribution in [3.8, 4) is 6.07 Å². The lowest BCUT2D eigenvalue weighted by Gasteiger charge is -2.19. The van der Waals surface area contributed by atoms with Crippen LogP contribution in [0.5, 0.6) is 0 Å². The molecule has 1 fully saturated rings. The van der Waals surface area contributed by atoms with E-state index in [4.69, 9.17) is 5.11 Å². The maximum absolute atomic E-state index is 12.4. The Morgan fingerprint density at radius 2 is 1.54 bits per heavy atom. The highest BCUT2D eigenvalue weighted by Crippen LogP contribution is 2.17. The third-order valence-electron chi connectivity index (χ3n) is 4.76. The van der Waals surface area contributed by atoms with E-state index in [2.05, 4.69) is 10.6 Å². The molecule has 1 amide bonds. The number of aliphatic carboxylic acids is 1. The van der Waals surface area contributed by atoms with Gasteiger partial charge in [0, 0.05) is 25.2 Å². The van der Waals surface area contributed by atoms with Crippen molar-refractivity contribution in [1.29, 1.82) is 5.26 Å². The van der Waals surface area contributed by atoms with Gasteiger partial charge in [-0.3, -0.25) is 9.59 Å². The molecule has 3 N–H and O–H groups in total. The average Bonchev–Trinajstić information content (AvgIpc) is 2.60. The van der Waals surface area contributed by atoms with Gasteiger partial charge >= 0.3 is 5.97 Å². The Morgan fingerprint density at radius 1 is 1.00 bits per heavy atom. The van der Waals surface area contributed by atoms with Crippen LogP contribution in [0.15, 0.2) is 11.8 Å². The molecule has 26 heavy (non-hydrogen) atoms. The topological polar surface area (TPSA) is 102 Å². The fourth-order valence-electron chi connectivity index (χ4n) is 3.24. The van der Waals surface area contributed by atoms with Crippen molar-refractivity contribution in [2.24, 2.45) is 0 Å². The van der Waals surface area contributed by atoms with Crippen LogP contribution in [0.2, 0.25) is 0 Å². The molecule has 1 aliphatic carbocycles. The molecule has 0 aromatic heterocycles. The van der Waals surface area contributed by atoms with Crippen molar-refractivity contribution in [3.05, 3.63) is 11.8 Å². The smallest absolute Gasteiger partial charge is 0.303 e. The molecule has 0 spiro atoms. The first-order valence-corrected chi connectivity index (χ1v) is 10.00. The second-order valence-corrected chi connectivity index (χ2v) is 7.05. The number of carboxylic acids is 1. The van der Waals surface area contributed by atoms with Crippen molar-refractivity contribution in [2.45, 2.75) is 89.5 Å². The van der Waals surface area contributed by atoms with Crippen LogP contribution in [0.1, 0.15) is 83.5 Å². The molecular formula is C20H33N3O3. The van der Waals surface area contributed by atoms with E-state index in [1.54, 1.807) is 0 Å². The van der Waals surface area contributed by atoms with Crippen LogP contribution in [-0.2, 0) is 9.59 Å². The maximum Gasteiger partial charge on any atom is 0.303 e. The summed E-state index contributed by atoms with van der Waals surface area (Å²) >= 11 is 0. The average molecular weight is 364 g/mol. The number of carbonyl (C=O) groups excluding carboxylic acids is 1. The van der Waals surface area contributed by atoms with Gasteiger partial charge in [0.25, 0.3) is 5.91 Å². The first kappa shape index (κ1) is 22.0. The lowest BCUT2D eigenvalue weighted by atomic mass is 9.98. The number of carbonyl (C=O) groups is 2. The van der Waals surface area contributed by atoms with Crippen LogP contribution in [0.25, 0.3) is 0 Å². The maximum atomic E-state index is 12.4. The van der Waals surface area contributed by atoms with Crippen LogP contribution < -0.4 is 10.6 Å². The molecule has 0 unspecified atom stereocenters. The van der Waals surface area contributed by atoms with Crippen LogP contribution in [0.3, 0.4) is 0 Å². The number of nitrogens with one attached hydrogen (secondary N) is 2. The van der Waals surface area contributed by atoms with Crippen molar-refractivity contribution in [2.75, 3.05) is 6.54 Å². The molecule has 0 bridgehead atoms. The summed E-state index contributed by atoms with van der Waals surface area (Å²) in [7, 11) is 0. The monoisotopic (exact) mass is 363 g/mol. The van der Waals surface area contributed by atoms with Gasteiger partial charge in [-0.05, 0) is 19.3 Å². The highest BCUT2D eigenvalue weighted by molar-refractivity contribution is 5.97. The van der Waals surface area contributed by atoms with Gasteiger partial charge in [-0.25, -0.2) is 0 Å². The standard InChI is InChI=1S/C20H33N3O3/c21-15-17(16-22-14-10-13-19(24)25)20(26)23-18-11-8-6-4-2-1-3-5-7-9-12-18/h16,18,22H,1-14H2,(H,23,26)(H,24,25)/b17-16-. The normalized spacial score (nSPS) is 18.0. The first-order valence-electron chi connectivity index (χ1n) is 10.00. The third kappa shape index (κ3) is 10.8. The van der Waals surface area contributed by atoms with E-state index in [1.165, 1.54) is 51.1 Å². The molecule has 1 aliphatic rings. The molecule has 1 saturated carbocycles. The zero-order valence-corrected chi connectivity index (χ0v) is 15.8. The van der Waals surface area contributed by atoms with E-state index in [9.17, 15) is 14.9 Å². The van der Waals surface area contributed by atoms with Crippen molar-refractivity contribution in [3.63, 3.8) is 0 Å². The highest BCUT2D eigenvalue weighted by atomic mass is 16.4. The van der Waals surface area contributed by atoms with Crippen molar-refractivity contribution < 1.29 is 14.7 Å². The largest absolute Gasteiger partial charge is 0.481 e. The summed E-state index contributed by atoms with van der Waals surface area (Å²) in [5, 5.41) is 23.7. The van der Waals surface area contributed by atoms with Crippen LogP contribution in [-0.4, -0.2) is 29.6 Å². The Kier molecular flexibility index (Phi) is 12.0. The number of hydrogen-bond donors (Lipinski definition) is 3. The fourth-order valence-corrected chi connectivity index (χ4v) is 3.24. The SMILES string of the molecule is N#C/C(=C/NCCCC(=O)O)C(=O)NC1CCCCCCCCCCC1. The van der Waals surface area contributed by atoms with E-state index < -0.39 is 5.97 Å². The lowest BCUT2D eigenvalue weighted by Crippen LogP contribution is -2.36. The van der Waals surface area contributed by atoms with Gasteiger partial charge in [-0.1, -0.05) is 57.8 Å². The molecule has 0 aromatic rings. The van der Waals surface area contributed by atoms with Gasteiger partial charge in [0.05, 0.1) is 0 Å². The van der Waals surface area contributed by atoms with Gasteiger partial charge in [0.1, 0.15) is 11.6 Å². The molecule has 1 rings (SSSR count). The summed E-state index contributed by atoms with van der Waals surface area (Å²) in [4.78, 5) is 22.8. The Labute approximate surface area is 157 Å². The first-order chi connectivity index (χ1) is 12.6. The molecule has 6 nitrogen and oxygen atoms in total. The zero-order valence-electron chi connectivity index (χ0n) is 15.8. The van der Waals surface area contributed by atoms with E-state index in [-0.39, 0.29) is 23.9 Å². The molecule has 0 aliphatic heterocycles. The Hall–Kier alpha value is -2.03. The van der Waals surface area contributed by atoms with Gasteiger partial charge in [-0.15, -0.1) is 0 Å². The number of nitriles is 1. The Bertz CT molecular complexity index is 485. The Morgan fingerprint density at radius 3 is 2.04 bits per heavy atom. The molecule has 0 heterocycles. The quantitative estimate of drug-likeness (QED) is 0.364. The van der Waals surface area contributed by atoms with E-state index in [0.717, 1.165) is 25.7 Å². The lowest BCUT2D eigenvalue weighted by molar-refractivity contribution is -0.137. The number of carboxylic acid groups (broad SMARTS) is 1. The minimum Gasteiger partial charge on any atom is -0.481 e. The number of amides is 1. The fraction of sp³-hybridized carbons (Fsp3) is 0.750. The van der Waals surface area contributed by atoms with Crippen molar-refractivity contribution in [1.82, 2.24) is 10.6 Å². The van der Waals surface area contributed by atoms with E-state index in [0.29, 0.717) is 13.0 Å². The Balaban J connectivity index is 2.45. The summed E-state index contributed by atoms with van der Waals surface area (Å²) in [6, 6.07) is 2.06. The summed E-state index contributed by atoms with van der Waals surface area (Å²) in [6.07, 6.45) is 15.0. The molecule has 0 atom stereocenters. The molecule has 0 radical (unpaired) electrons. The van der Waals surface area contributed by atoms with Gasteiger partial charge in [0.15, 0.2) is 0 Å². The van der Waals surface area contributed by atoms with Crippen LogP contribution in [0, 0.1) is 11.3 Å². The van der Waals surface area contributed by atoms with Crippen molar-refractivity contribution >= 4 is 11.9 Å². The van der Waals surface area contributed by atoms with Crippen LogP contribution in [0.4, 0.5) is 0 Å². The van der Waals surface area contributed by atoms with Crippen LogP contribution >= 0.6 is 0 Å². The second kappa shape index (κ2) is 14.2. The van der Waals surface area contributed by atoms with Gasteiger partial charge < -0.3 is 15.7 Å². The molecule has 6 heteroatoms. The molecule has 146 valence electrons. The minimum atomic E-state index is -0.850. The van der Waals surface area contributed by atoms with E-state index >= 15 is 0 Å². The summed E-state index contributed by atoms with van der Waals surface area (Å²) in [5.74, 6) is -1.19. The molecule has 0 saturated heterocycles. The predicted octanol–water partition coefficient (Wildman–Crippen LogP) is 3.64. The molecule has 0 aromatic carbocycles. The highest BCUT2D eigenvalue weighted by Gasteiger charge is 2.15. The predicted molar refractivity (Wildman–Crippen MR) is 101 cm³/mol.